The van der Waals surface area contributed by atoms with E-state index in [-0.39, 0.29) is 18.0 Å². The molecule has 2 aromatic carbocycles. The second-order valence-electron chi connectivity index (χ2n) is 9.18. The number of sulfone groups is 1. The molecule has 0 aliphatic heterocycles. The molecule has 0 aliphatic rings. The van der Waals surface area contributed by atoms with Crippen molar-refractivity contribution in [3.8, 4) is 0 Å². The first kappa shape index (κ1) is 31.2. The summed E-state index contributed by atoms with van der Waals surface area (Å²) in [5.41, 5.74) is 2.23. The van der Waals surface area contributed by atoms with E-state index in [1.54, 1.807) is 6.42 Å². The van der Waals surface area contributed by atoms with Gasteiger partial charge in [-0.25, -0.2) is 17.2 Å². The zero-order valence-corrected chi connectivity index (χ0v) is 23.3. The topological polar surface area (TPSA) is 75.3 Å². The Bertz CT molecular complexity index is 1090. The van der Waals surface area contributed by atoms with Crippen molar-refractivity contribution in [2.75, 3.05) is 12.4 Å². The van der Waals surface area contributed by atoms with E-state index in [0.717, 1.165) is 24.1 Å². The summed E-state index contributed by atoms with van der Waals surface area (Å²) in [6.45, 7) is 6.64. The monoisotopic (exact) mass is 555 g/mol. The van der Waals surface area contributed by atoms with E-state index < -0.39 is 43.9 Å². The van der Waals surface area contributed by atoms with Crippen LogP contribution < -0.4 is 10.6 Å². The van der Waals surface area contributed by atoms with Crippen LogP contribution in [0.5, 0.6) is 0 Å². The summed E-state index contributed by atoms with van der Waals surface area (Å²) in [5.74, 6) is -2.71. The lowest BCUT2D eigenvalue weighted by Crippen LogP contribution is -2.46. The van der Waals surface area contributed by atoms with Crippen molar-refractivity contribution in [2.45, 2.75) is 76.0 Å². The molecule has 205 valence electrons. The number of benzene rings is 2. The lowest BCUT2D eigenvalue weighted by Gasteiger charge is -2.31. The number of hydrogen-bond acceptors (Lipinski definition) is 4. The van der Waals surface area contributed by atoms with Crippen molar-refractivity contribution >= 4 is 27.3 Å². The smallest absolute Gasteiger partial charge is 0.235 e. The van der Waals surface area contributed by atoms with Crippen LogP contribution >= 0.6 is 11.6 Å². The number of halogens is 3. The molecule has 9 heteroatoms. The minimum absolute atomic E-state index is 0.0403. The second-order valence-corrected chi connectivity index (χ2v) is 11.8. The average molecular weight is 556 g/mol. The molecule has 1 amide bonds. The Morgan fingerprint density at radius 2 is 1.62 bits per heavy atom. The molecule has 2 aromatic rings. The van der Waals surface area contributed by atoms with E-state index in [1.165, 1.54) is 5.56 Å². The van der Waals surface area contributed by atoms with E-state index in [2.05, 4.69) is 23.6 Å². The predicted octanol–water partition coefficient (Wildman–Crippen LogP) is 5.67. The molecule has 2 rings (SSSR count). The Morgan fingerprint density at radius 3 is 2.19 bits per heavy atom. The van der Waals surface area contributed by atoms with Gasteiger partial charge in [-0.15, -0.1) is 11.6 Å². The lowest BCUT2D eigenvalue weighted by molar-refractivity contribution is -0.119. The number of hydrogen-bond donors (Lipinski definition) is 2. The Balaban J connectivity index is 2.41. The largest absolute Gasteiger partial charge is 0.350 e. The summed E-state index contributed by atoms with van der Waals surface area (Å²) >= 11 is 5.73. The standard InChI is InChI=1S/C28H38ClF2N2O3S/c1-4-8-25(9-5-2)37(35,36)28(22-15-23(30)17-24(31)16-22)26(33-27(34)18-29)12-13-32-19-21-11-7-10-20(6-3)14-21/h7,10-12,14-17,25-26,28,32H,4-6,8-9,13,18-19H2,1-3H3,(H,33,34)/t26-,28?/m0/s1. The fourth-order valence-electron chi connectivity index (χ4n) is 4.53. The summed E-state index contributed by atoms with van der Waals surface area (Å²) in [7, 11) is -3.98. The van der Waals surface area contributed by atoms with E-state index >= 15 is 0 Å². The van der Waals surface area contributed by atoms with Crippen molar-refractivity contribution < 1.29 is 22.0 Å². The molecule has 0 heterocycles. The number of carbonyl (C=O) groups is 1. The summed E-state index contributed by atoms with van der Waals surface area (Å²) in [6.07, 6.45) is 4.63. The van der Waals surface area contributed by atoms with Crippen LogP contribution in [0.3, 0.4) is 0 Å². The zero-order chi connectivity index (χ0) is 27.4. The van der Waals surface area contributed by atoms with Crippen LogP contribution in [0.1, 0.15) is 68.4 Å². The van der Waals surface area contributed by atoms with Crippen LogP contribution in [0.4, 0.5) is 8.78 Å². The number of nitrogens with one attached hydrogen (secondary N) is 2. The van der Waals surface area contributed by atoms with Crippen molar-refractivity contribution in [3.63, 3.8) is 0 Å². The van der Waals surface area contributed by atoms with Crippen molar-refractivity contribution in [2.24, 2.45) is 0 Å². The fourth-order valence-corrected chi connectivity index (χ4v) is 7.26. The third-order valence-electron chi connectivity index (χ3n) is 6.27. The number of alkyl halides is 1. The average Bonchev–Trinajstić information content (AvgIpc) is 2.85. The normalized spacial score (nSPS) is 13.5. The lowest BCUT2D eigenvalue weighted by atomic mass is 10.0. The number of aryl methyl sites for hydroxylation is 1. The third kappa shape index (κ3) is 9.34. The van der Waals surface area contributed by atoms with Crippen molar-refractivity contribution in [3.05, 3.63) is 77.2 Å². The summed E-state index contributed by atoms with van der Waals surface area (Å²) in [5, 5.41) is 3.84. The molecule has 0 aliphatic carbocycles. The molecule has 5 nitrogen and oxygen atoms in total. The van der Waals surface area contributed by atoms with E-state index in [1.807, 2.05) is 32.0 Å². The van der Waals surface area contributed by atoms with Crippen LogP contribution in [0, 0.1) is 18.1 Å². The van der Waals surface area contributed by atoms with Gasteiger partial charge in [0.1, 0.15) is 22.8 Å². The van der Waals surface area contributed by atoms with Gasteiger partial charge in [-0.1, -0.05) is 57.9 Å². The van der Waals surface area contributed by atoms with Crippen LogP contribution in [0.25, 0.3) is 0 Å². The first-order valence-electron chi connectivity index (χ1n) is 12.8. The molecular formula is C28H38ClF2N2O3S. The van der Waals surface area contributed by atoms with Crippen LogP contribution in [0.15, 0.2) is 42.5 Å². The van der Waals surface area contributed by atoms with Gasteiger partial charge in [0.05, 0.1) is 11.3 Å². The van der Waals surface area contributed by atoms with Gasteiger partial charge in [0.15, 0.2) is 9.84 Å². The van der Waals surface area contributed by atoms with Crippen LogP contribution in [-0.2, 0) is 27.6 Å². The van der Waals surface area contributed by atoms with Crippen molar-refractivity contribution in [1.29, 1.82) is 0 Å². The number of amides is 1. The number of rotatable bonds is 16. The van der Waals surface area contributed by atoms with E-state index in [0.29, 0.717) is 38.3 Å². The Labute approximate surface area is 225 Å². The highest BCUT2D eigenvalue weighted by Gasteiger charge is 2.40. The first-order chi connectivity index (χ1) is 17.7. The van der Waals surface area contributed by atoms with Gasteiger partial charge in [-0.05, 0) is 54.5 Å². The highest BCUT2D eigenvalue weighted by atomic mass is 35.5. The quantitative estimate of drug-likeness (QED) is 0.207. The van der Waals surface area contributed by atoms with Crippen LogP contribution in [0.2, 0.25) is 0 Å². The Kier molecular flexibility index (Phi) is 13.0. The highest BCUT2D eigenvalue weighted by Crippen LogP contribution is 2.35. The predicted molar refractivity (Wildman–Crippen MR) is 146 cm³/mol. The van der Waals surface area contributed by atoms with Crippen molar-refractivity contribution in [1.82, 2.24) is 10.6 Å². The van der Waals surface area contributed by atoms with Gasteiger partial charge < -0.3 is 10.6 Å². The second kappa shape index (κ2) is 15.4. The fraction of sp³-hybridized carbons (Fsp3) is 0.500. The molecule has 0 fully saturated rings. The molecule has 0 saturated carbocycles. The zero-order valence-electron chi connectivity index (χ0n) is 21.8. The van der Waals surface area contributed by atoms with Gasteiger partial charge in [-0.2, -0.15) is 0 Å². The third-order valence-corrected chi connectivity index (χ3v) is 9.19. The van der Waals surface area contributed by atoms with Gasteiger partial charge >= 0.3 is 0 Å². The molecule has 2 N–H and O–H groups in total. The SMILES string of the molecule is CCCC(CCC)S(=O)(=O)C(c1cc(F)cc(F)c1)[C@H]([CH]CNCc1cccc(CC)c1)NC(=O)CCl. The molecule has 0 aromatic heterocycles. The molecule has 1 unspecified atom stereocenters. The van der Waals surface area contributed by atoms with Gasteiger partial charge in [0, 0.05) is 19.2 Å². The molecule has 0 spiro atoms. The van der Waals surface area contributed by atoms with Gasteiger partial charge in [0.25, 0.3) is 0 Å². The molecular weight excluding hydrogens is 518 g/mol. The minimum atomic E-state index is -3.98. The molecule has 0 bridgehead atoms. The van der Waals surface area contributed by atoms with E-state index in [9.17, 15) is 22.0 Å². The van der Waals surface area contributed by atoms with Gasteiger partial charge in [-0.3, -0.25) is 4.79 Å². The molecule has 1 radical (unpaired) electrons. The maximum atomic E-state index is 14.3. The first-order valence-corrected chi connectivity index (χ1v) is 15.0. The maximum absolute atomic E-state index is 14.3. The molecule has 37 heavy (non-hydrogen) atoms. The summed E-state index contributed by atoms with van der Waals surface area (Å²) < 4.78 is 56.5. The highest BCUT2D eigenvalue weighted by molar-refractivity contribution is 7.92. The molecule has 2 atom stereocenters. The summed E-state index contributed by atoms with van der Waals surface area (Å²) in [4.78, 5) is 12.3. The minimum Gasteiger partial charge on any atom is -0.350 e. The van der Waals surface area contributed by atoms with Gasteiger partial charge in [0.2, 0.25) is 5.91 Å². The number of carbonyl (C=O) groups excluding carboxylic acids is 1. The maximum Gasteiger partial charge on any atom is 0.235 e. The molecule has 0 saturated heterocycles. The van der Waals surface area contributed by atoms with E-state index in [4.69, 9.17) is 11.6 Å². The Morgan fingerprint density at radius 1 is 1.00 bits per heavy atom. The summed E-state index contributed by atoms with van der Waals surface area (Å²) in [6, 6.07) is 9.79. The Hall–Kier alpha value is -2.03. The van der Waals surface area contributed by atoms with Crippen LogP contribution in [-0.4, -0.2) is 38.0 Å².